The maximum atomic E-state index is 14.1. The van der Waals surface area contributed by atoms with Crippen LogP contribution in [0.1, 0.15) is 43.9 Å². The Hall–Kier alpha value is -3.13. The number of ether oxygens (including phenoxy) is 1. The summed E-state index contributed by atoms with van der Waals surface area (Å²) < 4.78 is 21.5. The smallest absolute Gasteiger partial charge is 0.227 e. The quantitative estimate of drug-likeness (QED) is 0.512. The Balaban J connectivity index is 1.56. The summed E-state index contributed by atoms with van der Waals surface area (Å²) in [6, 6.07) is 13.9. The molecule has 6 nitrogen and oxygen atoms in total. The molecule has 1 aliphatic heterocycles. The highest BCUT2D eigenvalue weighted by molar-refractivity contribution is 7.98. The number of para-hydroxylation sites is 1. The summed E-state index contributed by atoms with van der Waals surface area (Å²) in [6.07, 6.45) is 1.21. The number of fused-ring (bicyclic) bond motifs is 1. The summed E-state index contributed by atoms with van der Waals surface area (Å²) in [5.41, 5.74) is 2.91. The van der Waals surface area contributed by atoms with Gasteiger partial charge in [-0.15, -0.1) is 5.10 Å². The van der Waals surface area contributed by atoms with Crippen LogP contribution in [0.5, 0.6) is 5.75 Å². The number of hydrogen-bond acceptors (Lipinski definition) is 6. The third-order valence-corrected chi connectivity index (χ3v) is 6.95. The molecule has 3 aromatic rings. The summed E-state index contributed by atoms with van der Waals surface area (Å²) in [7, 11) is 1.62. The third-order valence-electron chi connectivity index (χ3n) is 6.06. The molecule has 0 amide bonds. The largest absolute Gasteiger partial charge is 0.496 e. The van der Waals surface area contributed by atoms with Gasteiger partial charge in [0.2, 0.25) is 11.1 Å². The van der Waals surface area contributed by atoms with Crippen LogP contribution in [-0.2, 0) is 10.5 Å². The minimum absolute atomic E-state index is 0.103. The number of nitrogens with zero attached hydrogens (tertiary/aromatic N) is 3. The van der Waals surface area contributed by atoms with Crippen molar-refractivity contribution < 1.29 is 13.9 Å². The van der Waals surface area contributed by atoms with Crippen LogP contribution in [0.25, 0.3) is 0 Å². The van der Waals surface area contributed by atoms with Gasteiger partial charge in [-0.05, 0) is 29.5 Å². The number of hydrogen-bond donors (Lipinski definition) is 1. The summed E-state index contributed by atoms with van der Waals surface area (Å²) in [6.45, 7) is 4.20. The van der Waals surface area contributed by atoms with E-state index >= 15 is 0 Å². The molecule has 8 heteroatoms. The van der Waals surface area contributed by atoms with E-state index in [-0.39, 0.29) is 17.0 Å². The number of nitrogens with one attached hydrogen (secondary N) is 1. The number of carbonyl (C=O) groups is 1. The van der Waals surface area contributed by atoms with Crippen molar-refractivity contribution in [1.82, 2.24) is 14.8 Å². The Morgan fingerprint density at radius 2 is 1.94 bits per heavy atom. The second kappa shape index (κ2) is 8.33. The lowest BCUT2D eigenvalue weighted by atomic mass is 9.73. The van der Waals surface area contributed by atoms with Gasteiger partial charge in [0.25, 0.3) is 0 Å². The van der Waals surface area contributed by atoms with Crippen LogP contribution < -0.4 is 10.1 Å². The van der Waals surface area contributed by atoms with Gasteiger partial charge in [-0.25, -0.2) is 9.07 Å². The second-order valence-electron chi connectivity index (χ2n) is 9.15. The molecular weight excluding hydrogens is 439 g/mol. The number of Topliss-reactive ketones (excluding diaryl/α,β-unsaturated/α-hetero) is 1. The minimum Gasteiger partial charge on any atom is -0.496 e. The topological polar surface area (TPSA) is 69.0 Å². The SMILES string of the molecule is COc1ccccc1C1C2=C(CC(C)(C)CC2=O)Nc2nc(SCc3ccccc3F)nn21. The van der Waals surface area contributed by atoms with Gasteiger partial charge in [0.1, 0.15) is 17.6 Å². The molecule has 0 fully saturated rings. The minimum atomic E-state index is -0.439. The number of methoxy groups -OCH3 is 1. The van der Waals surface area contributed by atoms with Crippen molar-refractivity contribution in [3.63, 3.8) is 0 Å². The van der Waals surface area contributed by atoms with E-state index in [1.807, 2.05) is 30.3 Å². The number of rotatable bonds is 5. The number of halogens is 1. The Kier molecular flexibility index (Phi) is 5.48. The molecule has 2 aromatic carbocycles. The first-order valence-corrected chi connectivity index (χ1v) is 11.8. The van der Waals surface area contributed by atoms with Crippen LogP contribution >= 0.6 is 11.8 Å². The van der Waals surface area contributed by atoms with Gasteiger partial charge in [0.15, 0.2) is 5.78 Å². The number of anilines is 1. The monoisotopic (exact) mass is 464 g/mol. The molecule has 0 radical (unpaired) electrons. The van der Waals surface area contributed by atoms with Crippen LogP contribution in [0.2, 0.25) is 0 Å². The summed E-state index contributed by atoms with van der Waals surface area (Å²) in [5.74, 6) is 1.53. The maximum absolute atomic E-state index is 14.1. The van der Waals surface area contributed by atoms with E-state index in [1.54, 1.807) is 23.9 Å². The molecule has 0 saturated heterocycles. The number of aromatic nitrogens is 3. The van der Waals surface area contributed by atoms with Gasteiger partial charge in [-0.2, -0.15) is 4.98 Å². The first-order valence-electron chi connectivity index (χ1n) is 10.9. The van der Waals surface area contributed by atoms with Crippen molar-refractivity contribution in [1.29, 1.82) is 0 Å². The Labute approximate surface area is 196 Å². The lowest BCUT2D eigenvalue weighted by molar-refractivity contribution is -0.118. The maximum Gasteiger partial charge on any atom is 0.227 e. The predicted octanol–water partition coefficient (Wildman–Crippen LogP) is 5.38. The van der Waals surface area contributed by atoms with E-state index in [0.29, 0.717) is 40.2 Å². The molecule has 1 unspecified atom stereocenters. The highest BCUT2D eigenvalue weighted by Gasteiger charge is 2.42. The molecule has 2 heterocycles. The van der Waals surface area contributed by atoms with Crippen LogP contribution in [-0.4, -0.2) is 27.7 Å². The fourth-order valence-corrected chi connectivity index (χ4v) is 5.40. The molecule has 2 aliphatic rings. The average Bonchev–Trinajstić information content (AvgIpc) is 3.18. The zero-order chi connectivity index (χ0) is 23.2. The van der Waals surface area contributed by atoms with Gasteiger partial charge >= 0.3 is 0 Å². The zero-order valence-electron chi connectivity index (χ0n) is 18.8. The fraction of sp³-hybridized carbons (Fsp3) is 0.320. The summed E-state index contributed by atoms with van der Waals surface area (Å²) >= 11 is 1.36. The van der Waals surface area contributed by atoms with Gasteiger partial charge in [-0.1, -0.05) is 62.0 Å². The number of benzene rings is 2. The molecule has 0 spiro atoms. The first kappa shape index (κ1) is 21.7. The van der Waals surface area contributed by atoms with Crippen LogP contribution in [0.15, 0.2) is 65.0 Å². The van der Waals surface area contributed by atoms with Crippen LogP contribution in [0, 0.1) is 11.2 Å². The fourth-order valence-electron chi connectivity index (χ4n) is 4.59. The number of carbonyl (C=O) groups excluding carboxylic acids is 1. The number of ketones is 1. The van der Waals surface area contributed by atoms with Gasteiger partial charge < -0.3 is 10.1 Å². The van der Waals surface area contributed by atoms with Gasteiger partial charge in [0.05, 0.1) is 7.11 Å². The molecule has 170 valence electrons. The number of allylic oxidation sites excluding steroid dienone is 2. The van der Waals surface area contributed by atoms with E-state index < -0.39 is 6.04 Å². The van der Waals surface area contributed by atoms with E-state index in [1.165, 1.54) is 17.8 Å². The first-order chi connectivity index (χ1) is 15.9. The van der Waals surface area contributed by atoms with E-state index in [0.717, 1.165) is 17.7 Å². The Morgan fingerprint density at radius 1 is 1.18 bits per heavy atom. The van der Waals surface area contributed by atoms with Crippen molar-refractivity contribution in [2.45, 2.75) is 43.6 Å². The molecule has 5 rings (SSSR count). The summed E-state index contributed by atoms with van der Waals surface area (Å²) in [5, 5.41) is 8.62. The van der Waals surface area contributed by atoms with Crippen molar-refractivity contribution in [3.05, 3.63) is 76.7 Å². The molecular formula is C25H25FN4O2S. The molecule has 1 aromatic heterocycles. The van der Waals surface area contributed by atoms with Crippen molar-refractivity contribution in [3.8, 4) is 5.75 Å². The molecule has 0 saturated carbocycles. The standard InChI is InChI=1S/C25H25FN4O2S/c1-25(2)12-18-21(19(31)13-25)22(16-9-5-7-11-20(16)32-3)30-23(27-18)28-24(29-30)33-14-15-8-4-6-10-17(15)26/h4-11,22H,12-14H2,1-3H3,(H,27,28,29). The number of thioether (sulfide) groups is 1. The van der Waals surface area contributed by atoms with Crippen molar-refractivity contribution in [2.75, 3.05) is 12.4 Å². The Morgan fingerprint density at radius 3 is 2.73 bits per heavy atom. The average molecular weight is 465 g/mol. The summed E-state index contributed by atoms with van der Waals surface area (Å²) in [4.78, 5) is 18.0. The lowest BCUT2D eigenvalue weighted by Crippen LogP contribution is -2.36. The van der Waals surface area contributed by atoms with Crippen molar-refractivity contribution >= 4 is 23.5 Å². The van der Waals surface area contributed by atoms with E-state index in [9.17, 15) is 9.18 Å². The Bertz CT molecular complexity index is 1270. The van der Waals surface area contributed by atoms with Gasteiger partial charge in [0, 0.05) is 29.0 Å². The third kappa shape index (κ3) is 4.04. The van der Waals surface area contributed by atoms with Crippen LogP contribution in [0.3, 0.4) is 0 Å². The zero-order valence-corrected chi connectivity index (χ0v) is 19.6. The van der Waals surface area contributed by atoms with E-state index in [2.05, 4.69) is 24.1 Å². The molecule has 1 N–H and O–H groups in total. The lowest BCUT2D eigenvalue weighted by Gasteiger charge is -2.38. The molecule has 1 aliphatic carbocycles. The second-order valence-corrected chi connectivity index (χ2v) is 10.1. The molecule has 33 heavy (non-hydrogen) atoms. The van der Waals surface area contributed by atoms with Crippen molar-refractivity contribution in [2.24, 2.45) is 5.41 Å². The van der Waals surface area contributed by atoms with E-state index in [4.69, 9.17) is 9.84 Å². The molecule has 1 atom stereocenters. The normalized spacial score (nSPS) is 19.0. The highest BCUT2D eigenvalue weighted by atomic mass is 32.2. The van der Waals surface area contributed by atoms with Crippen LogP contribution in [0.4, 0.5) is 10.3 Å². The highest BCUT2D eigenvalue weighted by Crippen LogP contribution is 2.47. The molecule has 0 bridgehead atoms. The van der Waals surface area contributed by atoms with Gasteiger partial charge in [-0.3, -0.25) is 4.79 Å². The predicted molar refractivity (Wildman–Crippen MR) is 126 cm³/mol.